The number of hydrogen-bond acceptors (Lipinski definition) is 4. The summed E-state index contributed by atoms with van der Waals surface area (Å²) < 4.78 is 10.4. The van der Waals surface area contributed by atoms with E-state index in [0.29, 0.717) is 6.61 Å². The number of methoxy groups -OCH3 is 1. The fourth-order valence-electron chi connectivity index (χ4n) is 1.25. The van der Waals surface area contributed by atoms with Crippen LogP contribution in [0.5, 0.6) is 5.75 Å². The number of hydrogen-bond donors (Lipinski definition) is 1. The van der Waals surface area contributed by atoms with Crippen molar-refractivity contribution in [3.05, 3.63) is 24.0 Å². The van der Waals surface area contributed by atoms with Crippen LogP contribution in [0.25, 0.3) is 0 Å². The SMILES string of the molecule is COCCNCc1ccc(OC(C)C)cn1. The van der Waals surface area contributed by atoms with E-state index in [1.807, 2.05) is 26.0 Å². The highest BCUT2D eigenvalue weighted by molar-refractivity contribution is 5.19. The van der Waals surface area contributed by atoms with E-state index < -0.39 is 0 Å². The molecule has 0 radical (unpaired) electrons. The highest BCUT2D eigenvalue weighted by Gasteiger charge is 1.98. The number of pyridine rings is 1. The van der Waals surface area contributed by atoms with E-state index in [-0.39, 0.29) is 6.10 Å². The molecule has 0 unspecified atom stereocenters. The summed E-state index contributed by atoms with van der Waals surface area (Å²) in [5, 5.41) is 3.23. The van der Waals surface area contributed by atoms with Gasteiger partial charge in [0.05, 0.1) is 24.6 Å². The molecule has 0 aliphatic rings. The Hall–Kier alpha value is -1.13. The zero-order valence-corrected chi connectivity index (χ0v) is 10.2. The summed E-state index contributed by atoms with van der Waals surface area (Å²) in [5.41, 5.74) is 1.01. The minimum atomic E-state index is 0.187. The maximum atomic E-state index is 5.51. The van der Waals surface area contributed by atoms with Crippen LogP contribution in [0.4, 0.5) is 0 Å². The molecule has 1 rings (SSSR count). The molecule has 1 N–H and O–H groups in total. The molecule has 0 atom stereocenters. The van der Waals surface area contributed by atoms with Crippen molar-refractivity contribution in [2.24, 2.45) is 0 Å². The van der Waals surface area contributed by atoms with E-state index in [2.05, 4.69) is 10.3 Å². The van der Waals surface area contributed by atoms with E-state index in [1.54, 1.807) is 13.3 Å². The lowest BCUT2D eigenvalue weighted by Crippen LogP contribution is -2.19. The zero-order chi connectivity index (χ0) is 11.8. The van der Waals surface area contributed by atoms with E-state index in [1.165, 1.54) is 0 Å². The van der Waals surface area contributed by atoms with E-state index in [9.17, 15) is 0 Å². The van der Waals surface area contributed by atoms with Gasteiger partial charge in [-0.2, -0.15) is 0 Å². The summed E-state index contributed by atoms with van der Waals surface area (Å²) in [4.78, 5) is 4.30. The predicted molar refractivity (Wildman–Crippen MR) is 63.6 cm³/mol. The van der Waals surface area contributed by atoms with Gasteiger partial charge in [-0.3, -0.25) is 4.98 Å². The average Bonchev–Trinajstić information content (AvgIpc) is 2.26. The van der Waals surface area contributed by atoms with Gasteiger partial charge in [-0.25, -0.2) is 0 Å². The Kier molecular flexibility index (Phi) is 5.82. The van der Waals surface area contributed by atoms with Crippen molar-refractivity contribution < 1.29 is 9.47 Å². The second-order valence-electron chi connectivity index (χ2n) is 3.82. The van der Waals surface area contributed by atoms with Gasteiger partial charge >= 0.3 is 0 Å². The smallest absolute Gasteiger partial charge is 0.137 e. The zero-order valence-electron chi connectivity index (χ0n) is 10.2. The molecule has 0 aromatic carbocycles. The molecule has 0 saturated heterocycles. The van der Waals surface area contributed by atoms with Crippen molar-refractivity contribution in [3.63, 3.8) is 0 Å². The average molecular weight is 224 g/mol. The van der Waals surface area contributed by atoms with E-state index in [4.69, 9.17) is 9.47 Å². The van der Waals surface area contributed by atoms with Crippen LogP contribution in [0, 0.1) is 0 Å². The van der Waals surface area contributed by atoms with Gasteiger partial charge in [0.25, 0.3) is 0 Å². The Morgan fingerprint density at radius 2 is 2.19 bits per heavy atom. The molecule has 0 fully saturated rings. The standard InChI is InChI=1S/C12H20N2O2/c1-10(2)16-12-5-4-11(14-9-12)8-13-6-7-15-3/h4-5,9-10,13H,6-8H2,1-3H3. The first-order chi connectivity index (χ1) is 7.72. The molecule has 0 aliphatic heterocycles. The first-order valence-electron chi connectivity index (χ1n) is 5.53. The van der Waals surface area contributed by atoms with Crippen LogP contribution in [0.1, 0.15) is 19.5 Å². The van der Waals surface area contributed by atoms with Crippen molar-refractivity contribution >= 4 is 0 Å². The second-order valence-corrected chi connectivity index (χ2v) is 3.82. The number of aromatic nitrogens is 1. The van der Waals surface area contributed by atoms with Crippen molar-refractivity contribution in [2.75, 3.05) is 20.3 Å². The van der Waals surface area contributed by atoms with E-state index in [0.717, 1.165) is 24.5 Å². The third kappa shape index (κ3) is 5.09. The lowest BCUT2D eigenvalue weighted by Gasteiger charge is -2.09. The third-order valence-electron chi connectivity index (χ3n) is 1.96. The Bertz CT molecular complexity index is 286. The summed E-state index contributed by atoms with van der Waals surface area (Å²) in [6.07, 6.45) is 1.94. The normalized spacial score (nSPS) is 10.8. The molecule has 0 amide bonds. The van der Waals surface area contributed by atoms with Crippen molar-refractivity contribution in [1.29, 1.82) is 0 Å². The van der Waals surface area contributed by atoms with Crippen LogP contribution in [-0.2, 0) is 11.3 Å². The van der Waals surface area contributed by atoms with Gasteiger partial charge in [-0.15, -0.1) is 0 Å². The second kappa shape index (κ2) is 7.19. The third-order valence-corrected chi connectivity index (χ3v) is 1.96. The molecule has 0 spiro atoms. The highest BCUT2D eigenvalue weighted by Crippen LogP contribution is 2.10. The molecule has 4 nitrogen and oxygen atoms in total. The first-order valence-corrected chi connectivity index (χ1v) is 5.53. The van der Waals surface area contributed by atoms with Gasteiger partial charge in [0.1, 0.15) is 5.75 Å². The van der Waals surface area contributed by atoms with Crippen LogP contribution in [-0.4, -0.2) is 31.3 Å². The molecule has 16 heavy (non-hydrogen) atoms. The summed E-state index contributed by atoms with van der Waals surface area (Å²) in [7, 11) is 1.69. The van der Waals surface area contributed by atoms with Gasteiger partial charge in [0.2, 0.25) is 0 Å². The first kappa shape index (κ1) is 12.9. The molecule has 1 aromatic heterocycles. The maximum Gasteiger partial charge on any atom is 0.137 e. The van der Waals surface area contributed by atoms with Gasteiger partial charge in [0, 0.05) is 20.2 Å². The van der Waals surface area contributed by atoms with Crippen molar-refractivity contribution in [1.82, 2.24) is 10.3 Å². The molecule has 0 aliphatic carbocycles. The fourth-order valence-corrected chi connectivity index (χ4v) is 1.25. The number of rotatable bonds is 7. The minimum absolute atomic E-state index is 0.187. The monoisotopic (exact) mass is 224 g/mol. The van der Waals surface area contributed by atoms with Gasteiger partial charge < -0.3 is 14.8 Å². The molecule has 0 saturated carbocycles. The summed E-state index contributed by atoms with van der Waals surface area (Å²) in [5.74, 6) is 0.815. The van der Waals surface area contributed by atoms with Crippen LogP contribution < -0.4 is 10.1 Å². The Labute approximate surface area is 97.0 Å². The summed E-state index contributed by atoms with van der Waals surface area (Å²) >= 11 is 0. The molecular formula is C12H20N2O2. The van der Waals surface area contributed by atoms with Gasteiger partial charge in [-0.05, 0) is 26.0 Å². The highest BCUT2D eigenvalue weighted by atomic mass is 16.5. The number of ether oxygens (including phenoxy) is 2. The summed E-state index contributed by atoms with van der Waals surface area (Å²) in [6.45, 7) is 6.31. The number of nitrogens with one attached hydrogen (secondary N) is 1. The Morgan fingerprint density at radius 1 is 1.38 bits per heavy atom. The van der Waals surface area contributed by atoms with Crippen molar-refractivity contribution in [2.45, 2.75) is 26.5 Å². The molecule has 1 aromatic rings. The largest absolute Gasteiger partial charge is 0.489 e. The van der Waals surface area contributed by atoms with Gasteiger partial charge in [-0.1, -0.05) is 0 Å². The predicted octanol–water partition coefficient (Wildman–Crippen LogP) is 1.60. The van der Waals surface area contributed by atoms with Crippen LogP contribution in [0.2, 0.25) is 0 Å². The number of nitrogens with zero attached hydrogens (tertiary/aromatic N) is 1. The Morgan fingerprint density at radius 3 is 2.75 bits per heavy atom. The lowest BCUT2D eigenvalue weighted by atomic mass is 10.3. The van der Waals surface area contributed by atoms with Crippen LogP contribution >= 0.6 is 0 Å². The van der Waals surface area contributed by atoms with Crippen LogP contribution in [0.15, 0.2) is 18.3 Å². The quantitative estimate of drug-likeness (QED) is 0.714. The van der Waals surface area contributed by atoms with Crippen molar-refractivity contribution in [3.8, 4) is 5.75 Å². The minimum Gasteiger partial charge on any atom is -0.489 e. The Balaban J connectivity index is 2.33. The molecule has 1 heterocycles. The molecule has 0 bridgehead atoms. The van der Waals surface area contributed by atoms with E-state index >= 15 is 0 Å². The molecule has 4 heteroatoms. The fraction of sp³-hybridized carbons (Fsp3) is 0.583. The van der Waals surface area contributed by atoms with Gasteiger partial charge in [0.15, 0.2) is 0 Å². The summed E-state index contributed by atoms with van der Waals surface area (Å²) in [6, 6.07) is 3.91. The maximum absolute atomic E-state index is 5.51. The van der Waals surface area contributed by atoms with Crippen LogP contribution in [0.3, 0.4) is 0 Å². The topological polar surface area (TPSA) is 43.4 Å². The molecule has 90 valence electrons. The molecular weight excluding hydrogens is 204 g/mol. The lowest BCUT2D eigenvalue weighted by molar-refractivity contribution is 0.199.